The van der Waals surface area contributed by atoms with Gasteiger partial charge < -0.3 is 20.6 Å². The number of likely N-dealkylation sites (tertiary alicyclic amines) is 1. The smallest absolute Gasteiger partial charge is 0.303 e. The molecule has 0 saturated carbocycles. The largest absolute Gasteiger partial charge is 0.481 e. The Balaban J connectivity index is 1.55. The molecular formula is C20H37N5O4. The monoisotopic (exact) mass is 414 g/mol. The van der Waals surface area contributed by atoms with Crippen LogP contribution in [0.15, 0.2) is 0 Å². The Hall–Kier alpha value is -1.71. The second kappa shape index (κ2) is 12.8. The molecule has 9 heteroatoms. The molecule has 2 heterocycles. The van der Waals surface area contributed by atoms with Gasteiger partial charge in [0.1, 0.15) is 0 Å². The summed E-state index contributed by atoms with van der Waals surface area (Å²) in [6, 6.07) is 0.459. The Morgan fingerprint density at radius 2 is 1.59 bits per heavy atom. The molecule has 2 aliphatic rings. The average Bonchev–Trinajstić information content (AvgIpc) is 3.10. The molecule has 2 fully saturated rings. The standard InChI is InChI=1S/C20H37N5O4/c1-23-11-13-24(14-12-23)15-17-5-4-10-25(17)16-19(27)22-8-2-6-18(26)21-9-3-7-20(28)29/h17H,2-16H2,1H3,(H,21,26)(H,22,27)(H,28,29)/i23+1,24+1,25+1. The molecular weight excluding hydrogens is 377 g/mol. The summed E-state index contributed by atoms with van der Waals surface area (Å²) in [4.78, 5) is 41.5. The lowest BCUT2D eigenvalue weighted by molar-refractivity contribution is -0.137. The van der Waals surface area contributed by atoms with Crippen molar-refractivity contribution < 1.29 is 19.5 Å². The van der Waals surface area contributed by atoms with E-state index >= 15 is 0 Å². The highest BCUT2D eigenvalue weighted by Crippen LogP contribution is 2.18. The molecule has 0 aromatic carbocycles. The number of likely N-dealkylation sites (N-methyl/N-ethyl adjacent to an activating group) is 1. The predicted molar refractivity (Wildman–Crippen MR) is 111 cm³/mol. The molecule has 29 heavy (non-hydrogen) atoms. The van der Waals surface area contributed by atoms with Crippen LogP contribution in [-0.4, -0.2) is 110 Å². The van der Waals surface area contributed by atoms with Crippen LogP contribution < -0.4 is 10.6 Å². The maximum Gasteiger partial charge on any atom is 0.303 e. The first-order valence-corrected chi connectivity index (χ1v) is 10.8. The van der Waals surface area contributed by atoms with Crippen LogP contribution >= 0.6 is 0 Å². The van der Waals surface area contributed by atoms with Crippen molar-refractivity contribution >= 4 is 17.8 Å². The summed E-state index contributed by atoms with van der Waals surface area (Å²) in [5.41, 5.74) is 0. The molecule has 9 nitrogen and oxygen atoms in total. The fourth-order valence-corrected chi connectivity index (χ4v) is 3.91. The number of hydrogen-bond donors (Lipinski definition) is 3. The topological polar surface area (TPSA) is 105 Å². The van der Waals surface area contributed by atoms with E-state index in [1.165, 1.54) is 0 Å². The highest BCUT2D eigenvalue weighted by Gasteiger charge is 2.28. The SMILES string of the molecule is C[15N]1CC[15N](CC2CCC[15N]2CC(=O)NCCCC(=O)NCCCC(=O)O)CC1. The van der Waals surface area contributed by atoms with Gasteiger partial charge in [0.25, 0.3) is 0 Å². The number of amides is 2. The first kappa shape index (κ1) is 23.6. The number of piperazine rings is 1. The summed E-state index contributed by atoms with van der Waals surface area (Å²) in [7, 11) is 2.16. The number of carboxylic acids is 1. The molecule has 0 aromatic rings. The normalized spacial score (nSPS) is 21.2. The van der Waals surface area contributed by atoms with Gasteiger partial charge in [-0.2, -0.15) is 0 Å². The van der Waals surface area contributed by atoms with Gasteiger partial charge in [0.2, 0.25) is 11.8 Å². The number of hydrogen-bond acceptors (Lipinski definition) is 6. The Morgan fingerprint density at radius 3 is 2.28 bits per heavy atom. The fraction of sp³-hybridized carbons (Fsp3) is 0.850. The molecule has 0 aromatic heterocycles. The Morgan fingerprint density at radius 1 is 0.931 bits per heavy atom. The molecule has 0 aliphatic carbocycles. The lowest BCUT2D eigenvalue weighted by atomic mass is 10.2. The van der Waals surface area contributed by atoms with E-state index in [9.17, 15) is 14.4 Å². The Labute approximate surface area is 173 Å². The van der Waals surface area contributed by atoms with E-state index in [0.29, 0.717) is 44.9 Å². The number of nitrogens with one attached hydrogen (secondary N) is 2. The van der Waals surface area contributed by atoms with Gasteiger partial charge in [0.05, 0.1) is 6.54 Å². The third-order valence-corrected chi connectivity index (χ3v) is 5.70. The summed E-state index contributed by atoms with van der Waals surface area (Å²) in [6.45, 7) is 7.74. The molecule has 0 bridgehead atoms. The quantitative estimate of drug-likeness (QED) is 0.294. The summed E-state index contributed by atoms with van der Waals surface area (Å²) in [5, 5.41) is 14.2. The van der Waals surface area contributed by atoms with Gasteiger partial charge in [-0.3, -0.25) is 24.2 Å². The van der Waals surface area contributed by atoms with Crippen LogP contribution in [0, 0.1) is 0 Å². The number of rotatable bonds is 12. The lowest BCUT2D eigenvalue weighted by Gasteiger charge is -2.36. The Kier molecular flexibility index (Phi) is 10.4. The van der Waals surface area contributed by atoms with Crippen molar-refractivity contribution in [1.29, 1.82) is 0 Å². The van der Waals surface area contributed by atoms with Crippen LogP contribution in [0.3, 0.4) is 0 Å². The predicted octanol–water partition coefficient (Wildman–Crippen LogP) is -0.424. The van der Waals surface area contributed by atoms with Crippen molar-refractivity contribution in [2.75, 3.05) is 66.0 Å². The maximum absolute atomic E-state index is 12.3. The average molecular weight is 415 g/mol. The zero-order valence-corrected chi connectivity index (χ0v) is 17.7. The summed E-state index contributed by atoms with van der Waals surface area (Å²) < 4.78 is 0. The molecule has 1 atom stereocenters. The Bertz CT molecular complexity index is 537. The van der Waals surface area contributed by atoms with Gasteiger partial charge in [0.15, 0.2) is 0 Å². The van der Waals surface area contributed by atoms with Gasteiger partial charge in [-0.15, -0.1) is 0 Å². The van der Waals surface area contributed by atoms with Crippen LogP contribution in [0.1, 0.15) is 38.5 Å². The number of nitrogens with zero attached hydrogens (tertiary/aromatic N) is 3. The van der Waals surface area contributed by atoms with E-state index in [2.05, 4.69) is 32.4 Å². The van der Waals surface area contributed by atoms with E-state index in [0.717, 1.165) is 52.1 Å². The molecule has 2 amide bonds. The van der Waals surface area contributed by atoms with E-state index in [1.54, 1.807) is 0 Å². The summed E-state index contributed by atoms with van der Waals surface area (Å²) in [6.07, 6.45) is 3.71. The van der Waals surface area contributed by atoms with Gasteiger partial charge in [0, 0.05) is 64.7 Å². The van der Waals surface area contributed by atoms with Gasteiger partial charge in [-0.25, -0.2) is 0 Å². The number of aliphatic carboxylic acids is 1. The van der Waals surface area contributed by atoms with Crippen LogP contribution in [-0.2, 0) is 14.4 Å². The number of carbonyl (C=O) groups is 3. The highest BCUT2D eigenvalue weighted by molar-refractivity contribution is 5.78. The lowest BCUT2D eigenvalue weighted by Crippen LogP contribution is -2.50. The van der Waals surface area contributed by atoms with E-state index in [4.69, 9.17) is 5.11 Å². The third-order valence-electron chi connectivity index (χ3n) is 5.70. The molecule has 2 aliphatic heterocycles. The zero-order valence-electron chi connectivity index (χ0n) is 17.7. The van der Waals surface area contributed by atoms with Crippen molar-refractivity contribution in [3.8, 4) is 0 Å². The van der Waals surface area contributed by atoms with E-state index < -0.39 is 5.97 Å². The minimum Gasteiger partial charge on any atom is -0.481 e. The van der Waals surface area contributed by atoms with Crippen molar-refractivity contribution in [2.24, 2.45) is 0 Å². The molecule has 3 N–H and O–H groups in total. The fourth-order valence-electron chi connectivity index (χ4n) is 3.91. The van der Waals surface area contributed by atoms with Crippen molar-refractivity contribution in [3.05, 3.63) is 0 Å². The first-order valence-electron chi connectivity index (χ1n) is 10.8. The summed E-state index contributed by atoms with van der Waals surface area (Å²) in [5.74, 6) is -0.931. The minimum atomic E-state index is -0.856. The van der Waals surface area contributed by atoms with Crippen LogP contribution in [0.5, 0.6) is 0 Å². The molecule has 2 saturated heterocycles. The molecule has 1 unspecified atom stereocenters. The van der Waals surface area contributed by atoms with Gasteiger partial charge in [-0.05, 0) is 39.3 Å². The minimum absolute atomic E-state index is 0.0251. The number of carbonyl (C=O) groups excluding carboxylic acids is 2. The third kappa shape index (κ3) is 9.56. The number of carboxylic acid groups (broad SMARTS) is 1. The second-order valence-corrected chi connectivity index (χ2v) is 8.17. The van der Waals surface area contributed by atoms with Crippen LogP contribution in [0.25, 0.3) is 0 Å². The molecule has 0 radical (unpaired) electrons. The zero-order chi connectivity index (χ0) is 21.1. The van der Waals surface area contributed by atoms with Gasteiger partial charge in [-0.1, -0.05) is 0 Å². The molecule has 166 valence electrons. The van der Waals surface area contributed by atoms with E-state index in [1.807, 2.05) is 0 Å². The van der Waals surface area contributed by atoms with Crippen molar-refractivity contribution in [3.63, 3.8) is 0 Å². The summed E-state index contributed by atoms with van der Waals surface area (Å²) >= 11 is 0. The molecule has 0 spiro atoms. The van der Waals surface area contributed by atoms with Gasteiger partial charge >= 0.3 is 5.97 Å². The second-order valence-electron chi connectivity index (χ2n) is 8.17. The van der Waals surface area contributed by atoms with Crippen LogP contribution in [0.4, 0.5) is 0 Å². The maximum atomic E-state index is 12.3. The highest BCUT2D eigenvalue weighted by atomic mass is 16.4. The van der Waals surface area contributed by atoms with E-state index in [-0.39, 0.29) is 18.2 Å². The van der Waals surface area contributed by atoms with Crippen molar-refractivity contribution in [2.45, 2.75) is 44.6 Å². The van der Waals surface area contributed by atoms with Crippen molar-refractivity contribution in [1.82, 2.24) is 25.3 Å². The van der Waals surface area contributed by atoms with Crippen LogP contribution in [0.2, 0.25) is 0 Å². The molecule has 2 rings (SSSR count). The first-order chi connectivity index (χ1) is 13.9.